The number of nitrogens with zero attached hydrogens (tertiary/aromatic N) is 1. The molecule has 0 rings (SSSR count). The van der Waals surface area contributed by atoms with Crippen molar-refractivity contribution in [1.29, 1.82) is 0 Å². The summed E-state index contributed by atoms with van der Waals surface area (Å²) in [4.78, 5) is 27.4. The summed E-state index contributed by atoms with van der Waals surface area (Å²) in [7, 11) is -3.07. The van der Waals surface area contributed by atoms with Gasteiger partial charge in [0.05, 0.1) is 0 Å². The van der Waals surface area contributed by atoms with Gasteiger partial charge < -0.3 is 0 Å². The summed E-state index contributed by atoms with van der Waals surface area (Å²) in [5.41, 5.74) is 0. The average Bonchev–Trinajstić information content (AvgIpc) is 1.68. The number of nitroso groups, excluding NO2 is 1. The van der Waals surface area contributed by atoms with Gasteiger partial charge in [0.25, 0.3) is 0 Å². The van der Waals surface area contributed by atoms with E-state index in [1.165, 1.54) is 0 Å². The second kappa shape index (κ2) is 2.28. The zero-order valence-electron chi connectivity index (χ0n) is 3.66. The van der Waals surface area contributed by atoms with E-state index in [2.05, 4.69) is 4.52 Å². The van der Waals surface area contributed by atoms with Crippen LogP contribution in [0.15, 0.2) is 4.95 Å². The molecule has 6 heteroatoms. The summed E-state index contributed by atoms with van der Waals surface area (Å²) in [5, 5.41) is 0. The molecule has 2 N–H and O–H groups in total. The van der Waals surface area contributed by atoms with E-state index in [9.17, 15) is 4.91 Å². The Morgan fingerprint density at radius 2 is 2.14 bits per heavy atom. The van der Waals surface area contributed by atoms with Gasteiger partial charge in [0.15, 0.2) is 0 Å². The second-order valence-corrected chi connectivity index (χ2v) is 2.61. The Balaban J connectivity index is 3.58. The van der Waals surface area contributed by atoms with Crippen molar-refractivity contribution in [2.24, 2.45) is 4.95 Å². The quantitative estimate of drug-likeness (QED) is 0.397. The SMILES string of the molecule is CO[PH](O)(O)N=O. The summed E-state index contributed by atoms with van der Waals surface area (Å²) in [6, 6.07) is 0. The monoisotopic (exact) mass is 127 g/mol. The molecule has 0 aliphatic carbocycles. The first-order chi connectivity index (χ1) is 3.12. The van der Waals surface area contributed by atoms with Gasteiger partial charge in [-0.25, -0.2) is 0 Å². The van der Waals surface area contributed by atoms with E-state index >= 15 is 0 Å². The Kier molecular flexibility index (Phi) is 2.25. The Bertz CT molecular complexity index is 72.1. The maximum atomic E-state index is 9.24. The van der Waals surface area contributed by atoms with Crippen LogP contribution in [0.1, 0.15) is 0 Å². The zero-order valence-corrected chi connectivity index (χ0v) is 4.66. The Morgan fingerprint density at radius 3 is 2.14 bits per heavy atom. The molecule has 0 unspecified atom stereocenters. The van der Waals surface area contributed by atoms with E-state index in [0.29, 0.717) is 0 Å². The van der Waals surface area contributed by atoms with Crippen molar-refractivity contribution in [3.8, 4) is 0 Å². The standard InChI is InChI=1S/CH6NO4P/c1-6-7(4,5)2-3/h4-5,7H,1H3. The molecule has 7 heavy (non-hydrogen) atoms. The van der Waals surface area contributed by atoms with Crippen molar-refractivity contribution in [3.05, 3.63) is 4.91 Å². The molecule has 0 aromatic heterocycles. The maximum absolute atomic E-state index is 9.24. The molecule has 0 radical (unpaired) electrons. The van der Waals surface area contributed by atoms with Crippen LogP contribution in [0, 0.1) is 4.91 Å². The van der Waals surface area contributed by atoms with Crippen LogP contribution in [0.2, 0.25) is 0 Å². The molecular weight excluding hydrogens is 121 g/mol. The number of hydrogen-bond donors (Lipinski definition) is 2. The molecule has 44 valence electrons. The van der Waals surface area contributed by atoms with Gasteiger partial charge in [-0.2, -0.15) is 0 Å². The van der Waals surface area contributed by atoms with Crippen LogP contribution in [0.25, 0.3) is 0 Å². The molecule has 0 aliphatic rings. The average molecular weight is 127 g/mol. The third-order valence-electron chi connectivity index (χ3n) is 0.393. The molecule has 0 saturated heterocycles. The van der Waals surface area contributed by atoms with Gasteiger partial charge in [-0.3, -0.25) is 0 Å². The first-order valence-corrected chi connectivity index (χ1v) is 3.22. The normalized spacial score (nSPS) is 13.6. The van der Waals surface area contributed by atoms with Crippen molar-refractivity contribution >= 4 is 8.09 Å². The van der Waals surface area contributed by atoms with Gasteiger partial charge in [0, 0.05) is 0 Å². The molecule has 0 saturated carbocycles. The topological polar surface area (TPSA) is 79.1 Å². The van der Waals surface area contributed by atoms with Crippen molar-refractivity contribution in [3.63, 3.8) is 0 Å². The molecular formula is CH6NO4P. The molecule has 5 nitrogen and oxygen atoms in total. The van der Waals surface area contributed by atoms with Gasteiger partial charge in [0.2, 0.25) is 0 Å². The van der Waals surface area contributed by atoms with Crippen molar-refractivity contribution in [1.82, 2.24) is 0 Å². The van der Waals surface area contributed by atoms with E-state index in [1.807, 2.05) is 4.95 Å². The van der Waals surface area contributed by atoms with E-state index in [-0.39, 0.29) is 0 Å². The minimum absolute atomic E-state index is 1.01. The van der Waals surface area contributed by atoms with Gasteiger partial charge in [-0.1, -0.05) is 0 Å². The van der Waals surface area contributed by atoms with Crippen molar-refractivity contribution in [2.45, 2.75) is 0 Å². The summed E-state index contributed by atoms with van der Waals surface area (Å²) < 4.78 is 3.86. The summed E-state index contributed by atoms with van der Waals surface area (Å²) in [6.45, 7) is 0. The van der Waals surface area contributed by atoms with Crippen LogP contribution in [0.5, 0.6) is 0 Å². The minimum atomic E-state index is -4.08. The van der Waals surface area contributed by atoms with Gasteiger partial charge in [-0.05, 0) is 0 Å². The first-order valence-electron chi connectivity index (χ1n) is 1.47. The van der Waals surface area contributed by atoms with E-state index in [0.717, 1.165) is 7.11 Å². The fourth-order valence-electron chi connectivity index (χ4n) is 0.0373. The summed E-state index contributed by atoms with van der Waals surface area (Å²) >= 11 is 0. The molecule has 0 aromatic carbocycles. The number of rotatable bonds is 2. The van der Waals surface area contributed by atoms with Gasteiger partial charge in [-0.15, -0.1) is 0 Å². The Labute approximate surface area is 40.5 Å². The molecule has 0 spiro atoms. The molecule has 0 aromatic rings. The van der Waals surface area contributed by atoms with E-state index in [1.54, 1.807) is 0 Å². The van der Waals surface area contributed by atoms with Crippen LogP contribution in [0.4, 0.5) is 0 Å². The second-order valence-electron chi connectivity index (χ2n) is 0.869. The molecule has 0 aliphatic heterocycles. The molecule has 0 atom stereocenters. The van der Waals surface area contributed by atoms with Crippen LogP contribution in [0.3, 0.4) is 0 Å². The predicted molar refractivity (Wildman–Crippen MR) is 25.6 cm³/mol. The van der Waals surface area contributed by atoms with Crippen LogP contribution < -0.4 is 0 Å². The van der Waals surface area contributed by atoms with Gasteiger partial charge >= 0.3 is 39.4 Å². The fraction of sp³-hybridized carbons (Fsp3) is 1.00. The number of hydrogen-bond acceptors (Lipinski definition) is 5. The predicted octanol–water partition coefficient (Wildman–Crippen LogP) is -0.206. The van der Waals surface area contributed by atoms with Gasteiger partial charge in [0.1, 0.15) is 0 Å². The van der Waals surface area contributed by atoms with Crippen molar-refractivity contribution in [2.75, 3.05) is 7.11 Å². The third-order valence-corrected chi connectivity index (χ3v) is 1.18. The molecule has 0 amide bonds. The Hall–Kier alpha value is -0.0900. The molecule has 0 heterocycles. The van der Waals surface area contributed by atoms with Crippen LogP contribution in [-0.2, 0) is 4.52 Å². The summed E-state index contributed by atoms with van der Waals surface area (Å²) in [6.07, 6.45) is 0. The Morgan fingerprint density at radius 1 is 1.71 bits per heavy atom. The zero-order chi connectivity index (χ0) is 5.91. The van der Waals surface area contributed by atoms with Crippen molar-refractivity contribution < 1.29 is 14.3 Å². The summed E-state index contributed by atoms with van der Waals surface area (Å²) in [5.74, 6) is 0. The van der Waals surface area contributed by atoms with Crippen LogP contribution in [-0.4, -0.2) is 16.9 Å². The first kappa shape index (κ1) is 6.91. The van der Waals surface area contributed by atoms with E-state index < -0.39 is 8.09 Å². The molecule has 0 fully saturated rings. The third kappa shape index (κ3) is 2.59. The van der Waals surface area contributed by atoms with E-state index in [4.69, 9.17) is 9.79 Å². The fourth-order valence-corrected chi connectivity index (χ4v) is 0.112. The van der Waals surface area contributed by atoms with Crippen LogP contribution >= 0.6 is 8.09 Å². The molecule has 0 bridgehead atoms.